The van der Waals surface area contributed by atoms with Crippen molar-refractivity contribution in [2.75, 3.05) is 26.3 Å². The quantitative estimate of drug-likeness (QED) is 0.683. The zero-order chi connectivity index (χ0) is 21.1. The van der Waals surface area contributed by atoms with E-state index in [1.807, 2.05) is 18.7 Å². The van der Waals surface area contributed by atoms with Crippen molar-refractivity contribution >= 4 is 17.2 Å². The Morgan fingerprint density at radius 2 is 2.03 bits per heavy atom. The van der Waals surface area contributed by atoms with Gasteiger partial charge in [0.2, 0.25) is 0 Å². The first-order chi connectivity index (χ1) is 14.4. The number of halogens is 1. The van der Waals surface area contributed by atoms with Crippen molar-refractivity contribution in [3.8, 4) is 5.75 Å². The lowest BCUT2D eigenvalue weighted by molar-refractivity contribution is -0.125. The fourth-order valence-electron chi connectivity index (χ4n) is 4.59. The van der Waals surface area contributed by atoms with Gasteiger partial charge in [0.15, 0.2) is 0 Å². The average molecular weight is 433 g/mol. The number of benzene rings is 1. The molecule has 7 heteroatoms. The van der Waals surface area contributed by atoms with Crippen molar-refractivity contribution in [1.82, 2.24) is 9.88 Å². The summed E-state index contributed by atoms with van der Waals surface area (Å²) < 4.78 is 25.0. The van der Waals surface area contributed by atoms with E-state index < -0.39 is 0 Å². The van der Waals surface area contributed by atoms with E-state index in [0.29, 0.717) is 18.3 Å². The summed E-state index contributed by atoms with van der Waals surface area (Å²) in [4.78, 5) is 20.0. The van der Waals surface area contributed by atoms with E-state index in [-0.39, 0.29) is 17.3 Å². The highest BCUT2D eigenvalue weighted by Gasteiger charge is 2.41. The molecule has 30 heavy (non-hydrogen) atoms. The lowest BCUT2D eigenvalue weighted by atomic mass is 9.78. The molecule has 3 heterocycles. The minimum atomic E-state index is -0.251. The third-order valence-corrected chi connectivity index (χ3v) is 7.32. The van der Waals surface area contributed by atoms with Crippen LogP contribution < -0.4 is 4.74 Å². The van der Waals surface area contributed by atoms with Gasteiger partial charge in [0.25, 0.3) is 5.91 Å². The molecule has 1 amide bonds. The Labute approximate surface area is 181 Å². The average Bonchev–Trinajstić information content (AvgIpc) is 3.08. The van der Waals surface area contributed by atoms with Crippen LogP contribution in [0.25, 0.3) is 0 Å². The first-order valence-corrected chi connectivity index (χ1v) is 11.5. The summed E-state index contributed by atoms with van der Waals surface area (Å²) in [5.74, 6) is 1.11. The van der Waals surface area contributed by atoms with E-state index in [2.05, 4.69) is 4.98 Å². The Hall–Kier alpha value is -1.99. The van der Waals surface area contributed by atoms with E-state index in [1.54, 1.807) is 12.1 Å². The SMILES string of the molecule is Cc1nc(C)c(C(=O)N2CCC3(CC2)CC(CCOc2ccc(F)cc2)CCO3)s1. The zero-order valence-electron chi connectivity index (χ0n) is 17.7. The first-order valence-electron chi connectivity index (χ1n) is 10.7. The second-order valence-electron chi connectivity index (χ2n) is 8.42. The Kier molecular flexibility index (Phi) is 6.39. The van der Waals surface area contributed by atoms with Gasteiger partial charge in [-0.1, -0.05) is 0 Å². The van der Waals surface area contributed by atoms with Crippen molar-refractivity contribution in [3.63, 3.8) is 0 Å². The summed E-state index contributed by atoms with van der Waals surface area (Å²) in [6, 6.07) is 6.17. The smallest absolute Gasteiger partial charge is 0.265 e. The Balaban J connectivity index is 1.27. The summed E-state index contributed by atoms with van der Waals surface area (Å²) >= 11 is 1.48. The number of rotatable bonds is 5. The molecule has 1 aromatic heterocycles. The number of aromatic nitrogens is 1. The molecule has 1 spiro atoms. The van der Waals surface area contributed by atoms with E-state index in [0.717, 1.165) is 67.4 Å². The van der Waals surface area contributed by atoms with Crippen LogP contribution >= 0.6 is 11.3 Å². The van der Waals surface area contributed by atoms with Gasteiger partial charge in [-0.05, 0) is 76.1 Å². The van der Waals surface area contributed by atoms with Gasteiger partial charge in [0.1, 0.15) is 16.4 Å². The molecule has 1 atom stereocenters. The number of carbonyl (C=O) groups is 1. The molecule has 2 fully saturated rings. The molecule has 2 aromatic rings. The van der Waals surface area contributed by atoms with Crippen molar-refractivity contribution in [3.05, 3.63) is 45.7 Å². The summed E-state index contributed by atoms with van der Waals surface area (Å²) in [5, 5.41) is 0.936. The van der Waals surface area contributed by atoms with Crippen molar-refractivity contribution in [2.45, 2.75) is 51.6 Å². The molecule has 0 aliphatic carbocycles. The van der Waals surface area contributed by atoms with Gasteiger partial charge in [-0.15, -0.1) is 11.3 Å². The third kappa shape index (κ3) is 4.83. The highest BCUT2D eigenvalue weighted by atomic mass is 32.1. The van der Waals surface area contributed by atoms with E-state index in [9.17, 15) is 9.18 Å². The molecule has 0 bridgehead atoms. The lowest BCUT2D eigenvalue weighted by Gasteiger charge is -2.46. The first kappa shape index (κ1) is 21.2. The number of carbonyl (C=O) groups excluding carboxylic acids is 1. The van der Waals surface area contributed by atoms with Crippen LogP contribution in [0, 0.1) is 25.6 Å². The molecule has 5 nitrogen and oxygen atoms in total. The molecule has 0 saturated carbocycles. The molecule has 2 aliphatic rings. The maximum atomic E-state index is 13.0. The second kappa shape index (κ2) is 9.02. The molecule has 0 N–H and O–H groups in total. The van der Waals surface area contributed by atoms with E-state index >= 15 is 0 Å². The zero-order valence-corrected chi connectivity index (χ0v) is 18.5. The van der Waals surface area contributed by atoms with Crippen LogP contribution in [-0.4, -0.2) is 47.7 Å². The van der Waals surface area contributed by atoms with Crippen molar-refractivity contribution < 1.29 is 18.7 Å². The largest absolute Gasteiger partial charge is 0.494 e. The summed E-state index contributed by atoms with van der Waals surface area (Å²) in [6.45, 7) is 6.70. The number of piperidine rings is 1. The molecular weight excluding hydrogens is 403 g/mol. The van der Waals surface area contributed by atoms with Crippen LogP contribution in [0.4, 0.5) is 4.39 Å². The van der Waals surface area contributed by atoms with Gasteiger partial charge >= 0.3 is 0 Å². The van der Waals surface area contributed by atoms with Gasteiger partial charge < -0.3 is 14.4 Å². The molecule has 162 valence electrons. The predicted octanol–water partition coefficient (Wildman–Crippen LogP) is 4.77. The number of amides is 1. The fourth-order valence-corrected chi connectivity index (χ4v) is 5.48. The Morgan fingerprint density at radius 3 is 2.70 bits per heavy atom. The Morgan fingerprint density at radius 1 is 1.30 bits per heavy atom. The second-order valence-corrected chi connectivity index (χ2v) is 9.62. The van der Waals surface area contributed by atoms with Crippen LogP contribution in [0.5, 0.6) is 5.75 Å². The van der Waals surface area contributed by atoms with Gasteiger partial charge in [-0.3, -0.25) is 4.79 Å². The standard InChI is InChI=1S/C23H29FN2O3S/c1-16-21(30-17(2)25-16)22(27)26-11-9-23(10-12-26)15-18(8-14-29-23)7-13-28-20-5-3-19(24)4-6-20/h3-6,18H,7-15H2,1-2H3. The highest BCUT2D eigenvalue weighted by molar-refractivity contribution is 7.13. The number of hydrogen-bond acceptors (Lipinski definition) is 5. The molecule has 1 unspecified atom stereocenters. The third-order valence-electron chi connectivity index (χ3n) is 6.26. The summed E-state index contributed by atoms with van der Waals surface area (Å²) in [6.07, 6.45) is 4.78. The predicted molar refractivity (Wildman–Crippen MR) is 115 cm³/mol. The highest BCUT2D eigenvalue weighted by Crippen LogP contribution is 2.39. The number of likely N-dealkylation sites (tertiary alicyclic amines) is 1. The van der Waals surface area contributed by atoms with Crippen LogP contribution in [-0.2, 0) is 4.74 Å². The normalized spacial score (nSPS) is 21.0. The molecule has 4 rings (SSSR count). The van der Waals surface area contributed by atoms with Gasteiger partial charge in [0, 0.05) is 19.7 Å². The Bertz CT molecular complexity index is 875. The van der Waals surface area contributed by atoms with E-state index in [1.165, 1.54) is 23.5 Å². The topological polar surface area (TPSA) is 51.7 Å². The number of aryl methyl sites for hydroxylation is 2. The molecule has 2 saturated heterocycles. The number of nitrogens with zero attached hydrogens (tertiary/aromatic N) is 2. The summed E-state index contributed by atoms with van der Waals surface area (Å²) in [5.41, 5.74) is 0.715. The summed E-state index contributed by atoms with van der Waals surface area (Å²) in [7, 11) is 0. The molecular formula is C23H29FN2O3S. The van der Waals surface area contributed by atoms with Crippen molar-refractivity contribution in [2.24, 2.45) is 5.92 Å². The molecule has 0 radical (unpaired) electrons. The number of thiazole rings is 1. The monoisotopic (exact) mass is 432 g/mol. The minimum absolute atomic E-state index is 0.105. The lowest BCUT2D eigenvalue weighted by Crippen LogP contribution is -2.50. The number of hydrogen-bond donors (Lipinski definition) is 0. The van der Waals surface area contributed by atoms with Crippen LogP contribution in [0.15, 0.2) is 24.3 Å². The van der Waals surface area contributed by atoms with E-state index in [4.69, 9.17) is 9.47 Å². The minimum Gasteiger partial charge on any atom is -0.494 e. The number of ether oxygens (including phenoxy) is 2. The van der Waals surface area contributed by atoms with Gasteiger partial charge in [-0.25, -0.2) is 9.37 Å². The van der Waals surface area contributed by atoms with Crippen LogP contribution in [0.3, 0.4) is 0 Å². The van der Waals surface area contributed by atoms with Gasteiger partial charge in [0.05, 0.1) is 22.9 Å². The van der Waals surface area contributed by atoms with Crippen LogP contribution in [0.2, 0.25) is 0 Å². The fraction of sp³-hybridized carbons (Fsp3) is 0.565. The maximum Gasteiger partial charge on any atom is 0.265 e. The molecule has 1 aromatic carbocycles. The molecule has 2 aliphatic heterocycles. The van der Waals surface area contributed by atoms with Gasteiger partial charge in [-0.2, -0.15) is 0 Å². The van der Waals surface area contributed by atoms with Crippen LogP contribution in [0.1, 0.15) is 52.5 Å². The van der Waals surface area contributed by atoms with Crippen molar-refractivity contribution in [1.29, 1.82) is 0 Å². The maximum absolute atomic E-state index is 13.0.